The van der Waals surface area contributed by atoms with Gasteiger partial charge in [0.05, 0.1) is 12.0 Å². The zero-order chi connectivity index (χ0) is 10.9. The monoisotopic (exact) mass is 196 g/mol. The van der Waals surface area contributed by atoms with Crippen LogP contribution in [0.5, 0.6) is 0 Å². The summed E-state index contributed by atoms with van der Waals surface area (Å²) in [5.41, 5.74) is -0.464. The second-order valence-corrected chi connectivity index (χ2v) is 4.61. The lowest BCUT2D eigenvalue weighted by molar-refractivity contribution is -0.0139. The van der Waals surface area contributed by atoms with Gasteiger partial charge in [0.2, 0.25) is 0 Å². The smallest absolute Gasteiger partial charge is 0.410 e. The van der Waals surface area contributed by atoms with E-state index in [4.69, 9.17) is 10.00 Å². The Morgan fingerprint density at radius 2 is 2.14 bits per heavy atom. The molecule has 0 aliphatic carbocycles. The van der Waals surface area contributed by atoms with E-state index >= 15 is 0 Å². The number of likely N-dealkylation sites (tertiary alicyclic amines) is 1. The maximum absolute atomic E-state index is 11.5. The van der Waals surface area contributed by atoms with Gasteiger partial charge in [0, 0.05) is 12.6 Å². The molecule has 1 aliphatic rings. The van der Waals surface area contributed by atoms with Crippen LogP contribution in [0.4, 0.5) is 4.79 Å². The van der Waals surface area contributed by atoms with E-state index in [1.165, 1.54) is 0 Å². The highest BCUT2D eigenvalue weighted by atomic mass is 16.6. The standard InChI is InChI=1S/C10H16N2O2/c1-7-8(5-11)6-12(7)9(13)14-10(2,3)4/h7-8H,6H2,1-4H3/t7-,8-/m1/s1. The summed E-state index contributed by atoms with van der Waals surface area (Å²) in [6.07, 6.45) is -0.323. The number of nitrogens with zero attached hydrogens (tertiary/aromatic N) is 2. The number of carbonyl (C=O) groups excluding carboxylic acids is 1. The summed E-state index contributed by atoms with van der Waals surface area (Å²) in [4.78, 5) is 13.1. The zero-order valence-electron chi connectivity index (χ0n) is 9.07. The molecule has 1 rings (SSSR count). The van der Waals surface area contributed by atoms with Crippen molar-refractivity contribution in [3.63, 3.8) is 0 Å². The number of hydrogen-bond acceptors (Lipinski definition) is 3. The second kappa shape index (κ2) is 3.49. The first-order valence-corrected chi connectivity index (χ1v) is 4.74. The van der Waals surface area contributed by atoms with Gasteiger partial charge < -0.3 is 9.64 Å². The second-order valence-electron chi connectivity index (χ2n) is 4.61. The molecule has 0 unspecified atom stereocenters. The van der Waals surface area contributed by atoms with Crippen molar-refractivity contribution in [3.8, 4) is 6.07 Å². The molecule has 0 radical (unpaired) electrons. The minimum Gasteiger partial charge on any atom is -0.444 e. The van der Waals surface area contributed by atoms with Crippen LogP contribution in [0.25, 0.3) is 0 Å². The van der Waals surface area contributed by atoms with Gasteiger partial charge in [0.15, 0.2) is 0 Å². The molecular weight excluding hydrogens is 180 g/mol. The normalized spacial score (nSPS) is 26.4. The van der Waals surface area contributed by atoms with Gasteiger partial charge >= 0.3 is 6.09 Å². The summed E-state index contributed by atoms with van der Waals surface area (Å²) in [5.74, 6) is -0.0393. The Hall–Kier alpha value is -1.24. The number of hydrogen-bond donors (Lipinski definition) is 0. The summed E-state index contributed by atoms with van der Waals surface area (Å²) in [6.45, 7) is 7.85. The molecule has 1 saturated heterocycles. The average Bonchev–Trinajstić information content (AvgIpc) is 1.99. The number of carbonyl (C=O) groups is 1. The third-order valence-electron chi connectivity index (χ3n) is 2.26. The lowest BCUT2D eigenvalue weighted by Gasteiger charge is -2.42. The molecule has 0 bridgehead atoms. The van der Waals surface area contributed by atoms with Gasteiger partial charge in [-0.1, -0.05) is 0 Å². The molecule has 78 valence electrons. The summed E-state index contributed by atoms with van der Waals surface area (Å²) < 4.78 is 5.18. The third kappa shape index (κ3) is 2.16. The molecule has 14 heavy (non-hydrogen) atoms. The molecule has 4 heteroatoms. The predicted molar refractivity (Wildman–Crippen MR) is 51.5 cm³/mol. The Labute approximate surface area is 84.4 Å². The highest BCUT2D eigenvalue weighted by Gasteiger charge is 2.40. The van der Waals surface area contributed by atoms with E-state index in [1.807, 2.05) is 27.7 Å². The van der Waals surface area contributed by atoms with Crippen LogP contribution in [0.1, 0.15) is 27.7 Å². The van der Waals surface area contributed by atoms with Gasteiger partial charge in [0.25, 0.3) is 0 Å². The van der Waals surface area contributed by atoms with Gasteiger partial charge in [-0.05, 0) is 27.7 Å². The topological polar surface area (TPSA) is 53.3 Å². The van der Waals surface area contributed by atoms with Crippen molar-refractivity contribution in [3.05, 3.63) is 0 Å². The van der Waals surface area contributed by atoms with Gasteiger partial charge in [0.1, 0.15) is 5.60 Å². The number of rotatable bonds is 0. The van der Waals surface area contributed by atoms with Crippen LogP contribution in [-0.2, 0) is 4.74 Å². The Bertz CT molecular complexity index is 275. The minimum absolute atomic E-state index is 0.0187. The van der Waals surface area contributed by atoms with E-state index in [9.17, 15) is 4.79 Å². The number of ether oxygens (including phenoxy) is 1. The van der Waals surface area contributed by atoms with Crippen molar-refractivity contribution in [2.45, 2.75) is 39.3 Å². The summed E-state index contributed by atoms with van der Waals surface area (Å²) in [6, 6.07) is 2.13. The fourth-order valence-electron chi connectivity index (χ4n) is 1.32. The van der Waals surface area contributed by atoms with Gasteiger partial charge in [-0.25, -0.2) is 4.79 Å². The van der Waals surface area contributed by atoms with Crippen LogP contribution < -0.4 is 0 Å². The van der Waals surface area contributed by atoms with Gasteiger partial charge in [-0.15, -0.1) is 0 Å². The summed E-state index contributed by atoms with van der Waals surface area (Å²) in [7, 11) is 0. The quantitative estimate of drug-likeness (QED) is 0.593. The maximum atomic E-state index is 11.5. The average molecular weight is 196 g/mol. The van der Waals surface area contributed by atoms with E-state index in [2.05, 4.69) is 6.07 Å². The lowest BCUT2D eigenvalue weighted by atomic mass is 9.92. The number of amides is 1. The lowest BCUT2D eigenvalue weighted by Crippen LogP contribution is -2.57. The van der Waals surface area contributed by atoms with Crippen molar-refractivity contribution in [2.75, 3.05) is 6.54 Å². The van der Waals surface area contributed by atoms with Crippen molar-refractivity contribution in [1.29, 1.82) is 5.26 Å². The summed E-state index contributed by atoms with van der Waals surface area (Å²) in [5, 5.41) is 8.66. The molecule has 1 heterocycles. The number of nitriles is 1. The van der Waals surface area contributed by atoms with E-state index in [0.29, 0.717) is 6.54 Å². The summed E-state index contributed by atoms with van der Waals surface area (Å²) >= 11 is 0. The van der Waals surface area contributed by atoms with Crippen LogP contribution >= 0.6 is 0 Å². The molecule has 0 aromatic heterocycles. The van der Waals surface area contributed by atoms with Crippen molar-refractivity contribution in [1.82, 2.24) is 4.90 Å². The zero-order valence-corrected chi connectivity index (χ0v) is 9.07. The van der Waals surface area contributed by atoms with Crippen LogP contribution in [0.2, 0.25) is 0 Å². The Morgan fingerprint density at radius 1 is 1.57 bits per heavy atom. The molecule has 4 nitrogen and oxygen atoms in total. The molecular formula is C10H16N2O2. The first-order valence-electron chi connectivity index (χ1n) is 4.74. The third-order valence-corrected chi connectivity index (χ3v) is 2.26. The predicted octanol–water partition coefficient (Wildman–Crippen LogP) is 1.77. The fraction of sp³-hybridized carbons (Fsp3) is 0.800. The van der Waals surface area contributed by atoms with E-state index in [1.54, 1.807) is 4.90 Å². The van der Waals surface area contributed by atoms with Crippen LogP contribution in [0, 0.1) is 17.2 Å². The van der Waals surface area contributed by atoms with Crippen LogP contribution in [-0.4, -0.2) is 29.2 Å². The van der Waals surface area contributed by atoms with Crippen molar-refractivity contribution in [2.24, 2.45) is 5.92 Å². The fourth-order valence-corrected chi connectivity index (χ4v) is 1.32. The van der Waals surface area contributed by atoms with E-state index in [-0.39, 0.29) is 18.1 Å². The maximum Gasteiger partial charge on any atom is 0.410 e. The Balaban J connectivity index is 2.47. The minimum atomic E-state index is -0.464. The molecule has 2 atom stereocenters. The van der Waals surface area contributed by atoms with E-state index < -0.39 is 5.60 Å². The van der Waals surface area contributed by atoms with Crippen LogP contribution in [0.3, 0.4) is 0 Å². The van der Waals surface area contributed by atoms with Crippen molar-refractivity contribution < 1.29 is 9.53 Å². The first kappa shape index (κ1) is 10.8. The molecule has 0 spiro atoms. The molecule has 1 aliphatic heterocycles. The molecule has 0 N–H and O–H groups in total. The van der Waals surface area contributed by atoms with Gasteiger partial charge in [-0.2, -0.15) is 5.26 Å². The molecule has 0 aromatic carbocycles. The molecule has 0 saturated carbocycles. The molecule has 1 fully saturated rings. The Morgan fingerprint density at radius 3 is 2.50 bits per heavy atom. The SMILES string of the molecule is C[C@@H]1[C@H](C#N)CN1C(=O)OC(C)(C)C. The highest BCUT2D eigenvalue weighted by Crippen LogP contribution is 2.25. The first-order chi connectivity index (χ1) is 6.35. The van der Waals surface area contributed by atoms with E-state index in [0.717, 1.165) is 0 Å². The largest absolute Gasteiger partial charge is 0.444 e. The van der Waals surface area contributed by atoms with Crippen molar-refractivity contribution >= 4 is 6.09 Å². The molecule has 1 amide bonds. The Kier molecular flexibility index (Phi) is 2.70. The highest BCUT2D eigenvalue weighted by molar-refractivity contribution is 5.70. The van der Waals surface area contributed by atoms with Crippen LogP contribution in [0.15, 0.2) is 0 Å². The van der Waals surface area contributed by atoms with Gasteiger partial charge in [-0.3, -0.25) is 0 Å². The molecule has 0 aromatic rings.